The Bertz CT molecular complexity index is 560. The lowest BCUT2D eigenvalue weighted by Gasteiger charge is -2.04. The van der Waals surface area contributed by atoms with Gasteiger partial charge in [-0.25, -0.2) is 9.37 Å². The molecular formula is C13H13FN2S. The van der Waals surface area contributed by atoms with Crippen LogP contribution >= 0.6 is 12.2 Å². The molecule has 1 aromatic carbocycles. The van der Waals surface area contributed by atoms with Crippen molar-refractivity contribution in [3.63, 3.8) is 0 Å². The first kappa shape index (κ1) is 11.9. The minimum Gasteiger partial charge on any atom is -0.328 e. The number of rotatable bonds is 3. The summed E-state index contributed by atoms with van der Waals surface area (Å²) in [6, 6.07) is 7.81. The van der Waals surface area contributed by atoms with Crippen molar-refractivity contribution in [1.29, 1.82) is 0 Å². The van der Waals surface area contributed by atoms with Gasteiger partial charge in [0.05, 0.1) is 11.9 Å². The molecule has 1 N–H and O–H groups in total. The molecular weight excluding hydrogens is 235 g/mol. The van der Waals surface area contributed by atoms with Gasteiger partial charge in [0.1, 0.15) is 0 Å². The van der Waals surface area contributed by atoms with Crippen molar-refractivity contribution in [1.82, 2.24) is 9.97 Å². The Morgan fingerprint density at radius 1 is 1.29 bits per heavy atom. The smallest absolute Gasteiger partial charge is 0.197 e. The predicted molar refractivity (Wildman–Crippen MR) is 68.8 cm³/mol. The van der Waals surface area contributed by atoms with E-state index in [1.165, 1.54) is 5.56 Å². The van der Waals surface area contributed by atoms with Gasteiger partial charge in [-0.15, -0.1) is 0 Å². The van der Waals surface area contributed by atoms with E-state index >= 15 is 0 Å². The van der Waals surface area contributed by atoms with Gasteiger partial charge in [-0.2, -0.15) is 0 Å². The Labute approximate surface area is 105 Å². The van der Waals surface area contributed by atoms with Gasteiger partial charge in [-0.3, -0.25) is 0 Å². The quantitative estimate of drug-likeness (QED) is 0.835. The van der Waals surface area contributed by atoms with Crippen LogP contribution in [0.25, 0.3) is 11.3 Å². The Kier molecular flexibility index (Phi) is 3.64. The summed E-state index contributed by atoms with van der Waals surface area (Å²) in [6.45, 7) is 2.13. The zero-order valence-corrected chi connectivity index (χ0v) is 10.4. The summed E-state index contributed by atoms with van der Waals surface area (Å²) in [6.07, 6.45) is 3.29. The molecule has 4 heteroatoms. The zero-order valence-electron chi connectivity index (χ0n) is 9.53. The molecule has 1 aromatic heterocycles. The van der Waals surface area contributed by atoms with Crippen molar-refractivity contribution < 1.29 is 4.39 Å². The summed E-state index contributed by atoms with van der Waals surface area (Å²) >= 11 is 4.89. The number of hydrogen-bond donors (Lipinski definition) is 1. The molecule has 2 aromatic rings. The molecule has 0 amide bonds. The van der Waals surface area contributed by atoms with Gasteiger partial charge in [0, 0.05) is 5.56 Å². The fourth-order valence-corrected chi connectivity index (χ4v) is 1.87. The number of aryl methyl sites for hydroxylation is 1. The fourth-order valence-electron chi connectivity index (χ4n) is 1.72. The van der Waals surface area contributed by atoms with Crippen molar-refractivity contribution in [2.45, 2.75) is 19.8 Å². The van der Waals surface area contributed by atoms with E-state index in [2.05, 4.69) is 16.9 Å². The number of halogens is 1. The highest BCUT2D eigenvalue weighted by atomic mass is 32.1. The van der Waals surface area contributed by atoms with Gasteiger partial charge in [0.2, 0.25) is 0 Å². The molecule has 0 spiro atoms. The van der Waals surface area contributed by atoms with Crippen LogP contribution in [0.3, 0.4) is 0 Å². The molecule has 0 saturated heterocycles. The predicted octanol–water partition coefficient (Wildman–Crippen LogP) is 3.90. The van der Waals surface area contributed by atoms with Crippen LogP contribution in [-0.4, -0.2) is 9.97 Å². The van der Waals surface area contributed by atoms with Gasteiger partial charge < -0.3 is 4.98 Å². The number of aromatic nitrogens is 2. The summed E-state index contributed by atoms with van der Waals surface area (Å²) in [4.78, 5) is 6.47. The highest BCUT2D eigenvalue weighted by molar-refractivity contribution is 7.71. The summed E-state index contributed by atoms with van der Waals surface area (Å²) < 4.78 is 13.9. The van der Waals surface area contributed by atoms with Crippen molar-refractivity contribution >= 4 is 12.2 Å². The molecule has 0 aliphatic rings. The number of nitrogens with one attached hydrogen (secondary N) is 1. The lowest BCUT2D eigenvalue weighted by molar-refractivity contribution is 0.617. The monoisotopic (exact) mass is 248 g/mol. The largest absolute Gasteiger partial charge is 0.328 e. The van der Waals surface area contributed by atoms with E-state index in [1.54, 1.807) is 0 Å². The van der Waals surface area contributed by atoms with Gasteiger partial charge in [-0.1, -0.05) is 37.6 Å². The third-order valence-corrected chi connectivity index (χ3v) is 2.75. The number of H-pyrrole nitrogens is 1. The van der Waals surface area contributed by atoms with Crippen molar-refractivity contribution in [3.05, 3.63) is 46.6 Å². The van der Waals surface area contributed by atoms with Crippen LogP contribution in [0.15, 0.2) is 30.5 Å². The minimum absolute atomic E-state index is 0.291. The third kappa shape index (κ3) is 2.77. The van der Waals surface area contributed by atoms with E-state index < -0.39 is 0 Å². The zero-order chi connectivity index (χ0) is 12.3. The molecule has 2 rings (SSSR count). The van der Waals surface area contributed by atoms with Crippen LogP contribution in [0.4, 0.5) is 4.39 Å². The number of benzene rings is 1. The average molecular weight is 248 g/mol. The Balaban J connectivity index is 2.39. The molecule has 88 valence electrons. The normalized spacial score (nSPS) is 10.5. The number of aromatic amines is 1. The fraction of sp³-hybridized carbons (Fsp3) is 0.231. The van der Waals surface area contributed by atoms with Gasteiger partial charge in [0.15, 0.2) is 10.6 Å². The lowest BCUT2D eigenvalue weighted by atomic mass is 10.1. The van der Waals surface area contributed by atoms with Gasteiger partial charge in [-0.05, 0) is 24.2 Å². The van der Waals surface area contributed by atoms with E-state index in [4.69, 9.17) is 12.2 Å². The standard InChI is InChI=1S/C13H13FN2S/c1-2-3-9-4-6-10(7-5-9)12-11(14)8-15-13(17)16-12/h4-8H,2-3H2,1H3,(H,15,16,17). The molecule has 0 unspecified atom stereocenters. The van der Waals surface area contributed by atoms with Crippen LogP contribution in [0.1, 0.15) is 18.9 Å². The van der Waals surface area contributed by atoms with E-state index in [0.717, 1.165) is 24.6 Å². The summed E-state index contributed by atoms with van der Waals surface area (Å²) in [5, 5.41) is 0. The van der Waals surface area contributed by atoms with Crippen LogP contribution in [-0.2, 0) is 6.42 Å². The van der Waals surface area contributed by atoms with Gasteiger partial charge >= 0.3 is 0 Å². The molecule has 1 heterocycles. The summed E-state index contributed by atoms with van der Waals surface area (Å²) in [5.74, 6) is -0.387. The minimum atomic E-state index is -0.387. The molecule has 0 radical (unpaired) electrons. The molecule has 0 saturated carbocycles. The topological polar surface area (TPSA) is 28.7 Å². The third-order valence-electron chi connectivity index (χ3n) is 2.55. The Hall–Kier alpha value is -1.55. The van der Waals surface area contributed by atoms with Crippen LogP contribution in [0.2, 0.25) is 0 Å². The maximum Gasteiger partial charge on any atom is 0.197 e. The van der Waals surface area contributed by atoms with E-state index in [9.17, 15) is 4.39 Å². The second-order valence-electron chi connectivity index (χ2n) is 3.86. The highest BCUT2D eigenvalue weighted by Crippen LogP contribution is 2.20. The maximum atomic E-state index is 13.6. The lowest BCUT2D eigenvalue weighted by Crippen LogP contribution is -1.92. The molecule has 2 nitrogen and oxygen atoms in total. The maximum absolute atomic E-state index is 13.6. The first-order chi connectivity index (χ1) is 8.20. The summed E-state index contributed by atoms with van der Waals surface area (Å²) in [7, 11) is 0. The molecule has 0 aliphatic carbocycles. The van der Waals surface area contributed by atoms with Crippen LogP contribution in [0, 0.1) is 10.6 Å². The molecule has 0 bridgehead atoms. The number of hydrogen-bond acceptors (Lipinski definition) is 2. The molecule has 17 heavy (non-hydrogen) atoms. The van der Waals surface area contributed by atoms with Gasteiger partial charge in [0.25, 0.3) is 0 Å². The van der Waals surface area contributed by atoms with Crippen LogP contribution in [0.5, 0.6) is 0 Å². The molecule has 0 aliphatic heterocycles. The second-order valence-corrected chi connectivity index (χ2v) is 4.24. The first-order valence-electron chi connectivity index (χ1n) is 5.55. The van der Waals surface area contributed by atoms with Crippen molar-refractivity contribution in [3.8, 4) is 11.3 Å². The highest BCUT2D eigenvalue weighted by Gasteiger charge is 2.05. The first-order valence-corrected chi connectivity index (χ1v) is 5.95. The molecule has 0 fully saturated rings. The Morgan fingerprint density at radius 3 is 2.65 bits per heavy atom. The van der Waals surface area contributed by atoms with E-state index in [0.29, 0.717) is 10.5 Å². The summed E-state index contributed by atoms with van der Waals surface area (Å²) in [5.41, 5.74) is 2.44. The molecule has 0 atom stereocenters. The second kappa shape index (κ2) is 5.19. The van der Waals surface area contributed by atoms with E-state index in [-0.39, 0.29) is 5.82 Å². The Morgan fingerprint density at radius 2 is 2.00 bits per heavy atom. The number of nitrogens with zero attached hydrogens (tertiary/aromatic N) is 1. The van der Waals surface area contributed by atoms with E-state index in [1.807, 2.05) is 24.3 Å². The average Bonchev–Trinajstić information content (AvgIpc) is 2.34. The van der Waals surface area contributed by atoms with Crippen molar-refractivity contribution in [2.24, 2.45) is 0 Å². The van der Waals surface area contributed by atoms with Crippen LogP contribution < -0.4 is 0 Å². The SMILES string of the molecule is CCCc1ccc(-c2[nH]c(=S)ncc2F)cc1. The van der Waals surface area contributed by atoms with Crippen molar-refractivity contribution in [2.75, 3.05) is 0 Å².